The summed E-state index contributed by atoms with van der Waals surface area (Å²) in [6, 6.07) is 4.42. The number of hydrogen-bond donors (Lipinski definition) is 3. The molecule has 20 heavy (non-hydrogen) atoms. The van der Waals surface area contributed by atoms with Crippen molar-refractivity contribution in [1.29, 1.82) is 0 Å². The Morgan fingerprint density at radius 2 is 2.15 bits per heavy atom. The Morgan fingerprint density at radius 3 is 2.75 bits per heavy atom. The van der Waals surface area contributed by atoms with Crippen LogP contribution < -0.4 is 21.3 Å². The van der Waals surface area contributed by atoms with Crippen LogP contribution in [0.4, 0.5) is 15.9 Å². The van der Waals surface area contributed by atoms with Crippen LogP contribution in [0.25, 0.3) is 0 Å². The zero-order chi connectivity index (χ0) is 14.5. The molecule has 0 fully saturated rings. The van der Waals surface area contributed by atoms with E-state index in [1.54, 1.807) is 12.1 Å². The number of hydrazine groups is 1. The molecule has 0 saturated carbocycles. The molecule has 0 aromatic carbocycles. The number of amides is 1. The summed E-state index contributed by atoms with van der Waals surface area (Å²) in [5.74, 6) is 3.85. The minimum atomic E-state index is -0.825. The van der Waals surface area contributed by atoms with Gasteiger partial charge in [0.05, 0.1) is 24.6 Å². The van der Waals surface area contributed by atoms with Crippen LogP contribution >= 0.6 is 0 Å². The number of nitrogens with zero attached hydrogens (tertiary/aromatic N) is 2. The van der Waals surface area contributed by atoms with Crippen molar-refractivity contribution in [2.45, 2.75) is 0 Å². The lowest BCUT2D eigenvalue weighted by Crippen LogP contribution is -2.17. The van der Waals surface area contributed by atoms with Gasteiger partial charge in [-0.05, 0) is 12.1 Å². The number of ether oxygens (including phenoxy) is 1. The zero-order valence-electron chi connectivity index (χ0n) is 10.6. The molecule has 2 rings (SSSR count). The number of rotatable bonds is 4. The molecule has 1 amide bonds. The van der Waals surface area contributed by atoms with E-state index >= 15 is 0 Å². The summed E-state index contributed by atoms with van der Waals surface area (Å²) in [6.07, 6.45) is 2.68. The van der Waals surface area contributed by atoms with Crippen molar-refractivity contribution >= 4 is 17.4 Å². The van der Waals surface area contributed by atoms with Crippen LogP contribution in [0.3, 0.4) is 0 Å². The smallest absolute Gasteiger partial charge is 0.258 e. The Kier molecular flexibility index (Phi) is 4.06. The van der Waals surface area contributed by atoms with E-state index in [-0.39, 0.29) is 11.4 Å². The highest BCUT2D eigenvalue weighted by Gasteiger charge is 2.15. The lowest BCUT2D eigenvalue weighted by molar-refractivity contribution is 0.102. The number of halogens is 1. The summed E-state index contributed by atoms with van der Waals surface area (Å²) in [6.45, 7) is 0. The summed E-state index contributed by atoms with van der Waals surface area (Å²) >= 11 is 0. The summed E-state index contributed by atoms with van der Waals surface area (Å²) < 4.78 is 18.7. The lowest BCUT2D eigenvalue weighted by Gasteiger charge is -2.08. The largest absolute Gasteiger partial charge is 0.481 e. The quantitative estimate of drug-likeness (QED) is 0.572. The number of pyridine rings is 2. The molecule has 0 bridgehead atoms. The van der Waals surface area contributed by atoms with Crippen molar-refractivity contribution in [2.75, 3.05) is 17.9 Å². The molecule has 0 saturated heterocycles. The number of carbonyl (C=O) groups excluding carboxylic acids is 1. The van der Waals surface area contributed by atoms with Crippen molar-refractivity contribution in [3.05, 3.63) is 42.0 Å². The second-order valence-corrected chi connectivity index (χ2v) is 3.71. The molecule has 2 aromatic rings. The highest BCUT2D eigenvalue weighted by molar-refractivity contribution is 6.04. The molecule has 0 unspecified atom stereocenters. The molecule has 0 aliphatic carbocycles. The van der Waals surface area contributed by atoms with E-state index in [1.165, 1.54) is 25.6 Å². The summed E-state index contributed by atoms with van der Waals surface area (Å²) in [5.41, 5.74) is 2.31. The average Bonchev–Trinajstić information content (AvgIpc) is 2.48. The van der Waals surface area contributed by atoms with Gasteiger partial charge in [0.2, 0.25) is 5.88 Å². The fraction of sp³-hybridized carbons (Fsp3) is 0.0833. The highest BCUT2D eigenvalue weighted by atomic mass is 19.1. The van der Waals surface area contributed by atoms with Gasteiger partial charge in [-0.25, -0.2) is 20.2 Å². The minimum absolute atomic E-state index is 0.177. The zero-order valence-corrected chi connectivity index (χ0v) is 10.6. The van der Waals surface area contributed by atoms with Gasteiger partial charge in [-0.15, -0.1) is 0 Å². The van der Waals surface area contributed by atoms with E-state index in [4.69, 9.17) is 10.6 Å². The molecule has 0 radical (unpaired) electrons. The van der Waals surface area contributed by atoms with Crippen LogP contribution in [-0.4, -0.2) is 23.0 Å². The summed E-state index contributed by atoms with van der Waals surface area (Å²) in [7, 11) is 1.48. The van der Waals surface area contributed by atoms with Gasteiger partial charge in [-0.3, -0.25) is 4.79 Å². The molecular weight excluding hydrogens is 265 g/mol. The lowest BCUT2D eigenvalue weighted by atomic mass is 10.2. The Hall–Kier alpha value is -2.74. The first kappa shape index (κ1) is 13.7. The molecular formula is C12H12FN5O2. The number of nitrogens with one attached hydrogen (secondary N) is 2. The maximum Gasteiger partial charge on any atom is 0.258 e. The van der Waals surface area contributed by atoms with E-state index in [0.29, 0.717) is 11.6 Å². The number of carbonyl (C=O) groups is 1. The van der Waals surface area contributed by atoms with Gasteiger partial charge in [0.25, 0.3) is 5.91 Å². The van der Waals surface area contributed by atoms with Crippen molar-refractivity contribution in [2.24, 2.45) is 5.84 Å². The number of nitrogen functional groups attached to an aromatic ring is 1. The van der Waals surface area contributed by atoms with Crippen LogP contribution in [0.15, 0.2) is 30.6 Å². The van der Waals surface area contributed by atoms with E-state index < -0.39 is 11.7 Å². The second kappa shape index (κ2) is 5.93. The van der Waals surface area contributed by atoms with Crippen LogP contribution in [0.2, 0.25) is 0 Å². The van der Waals surface area contributed by atoms with Gasteiger partial charge in [-0.1, -0.05) is 0 Å². The van der Waals surface area contributed by atoms with Gasteiger partial charge >= 0.3 is 0 Å². The van der Waals surface area contributed by atoms with Gasteiger partial charge in [0.15, 0.2) is 11.6 Å². The normalized spacial score (nSPS) is 9.95. The number of hydrogen-bond acceptors (Lipinski definition) is 6. The van der Waals surface area contributed by atoms with Gasteiger partial charge < -0.3 is 15.5 Å². The first-order chi connectivity index (χ1) is 9.65. The average molecular weight is 277 g/mol. The van der Waals surface area contributed by atoms with Crippen molar-refractivity contribution in [1.82, 2.24) is 9.97 Å². The topological polar surface area (TPSA) is 102 Å². The summed E-state index contributed by atoms with van der Waals surface area (Å²) in [5, 5.41) is 2.51. The van der Waals surface area contributed by atoms with Crippen LogP contribution in [-0.2, 0) is 0 Å². The van der Waals surface area contributed by atoms with Gasteiger partial charge in [0.1, 0.15) is 0 Å². The number of anilines is 2. The monoisotopic (exact) mass is 277 g/mol. The first-order valence-corrected chi connectivity index (χ1v) is 5.58. The van der Waals surface area contributed by atoms with E-state index in [1.807, 2.05) is 0 Å². The standard InChI is InChI=1S/C12H12FN5O2/c1-20-9-3-2-7(6-16-9)17-12(19)8-4-5-15-11(18-14)10(8)13/h2-6H,14H2,1H3,(H,15,18)(H,17,19). The van der Waals surface area contributed by atoms with Crippen molar-refractivity contribution in [3.63, 3.8) is 0 Å². The fourth-order valence-corrected chi connectivity index (χ4v) is 1.49. The SMILES string of the molecule is COc1ccc(NC(=O)c2ccnc(NN)c2F)cn1. The second-order valence-electron chi connectivity index (χ2n) is 3.71. The van der Waals surface area contributed by atoms with Crippen LogP contribution in [0.1, 0.15) is 10.4 Å². The summed E-state index contributed by atoms with van der Waals surface area (Å²) in [4.78, 5) is 19.5. The maximum atomic E-state index is 13.8. The Morgan fingerprint density at radius 1 is 1.35 bits per heavy atom. The van der Waals surface area contributed by atoms with Crippen molar-refractivity contribution in [3.8, 4) is 5.88 Å². The molecule has 4 N–H and O–H groups in total. The molecule has 2 aromatic heterocycles. The maximum absolute atomic E-state index is 13.8. The fourth-order valence-electron chi connectivity index (χ4n) is 1.49. The molecule has 0 aliphatic heterocycles. The molecule has 7 nitrogen and oxygen atoms in total. The third kappa shape index (κ3) is 2.81. The third-order valence-corrected chi connectivity index (χ3v) is 2.47. The van der Waals surface area contributed by atoms with Gasteiger partial charge in [0, 0.05) is 12.3 Å². The van der Waals surface area contributed by atoms with Crippen LogP contribution in [0, 0.1) is 5.82 Å². The number of aromatic nitrogens is 2. The molecule has 0 spiro atoms. The number of methoxy groups -OCH3 is 1. The van der Waals surface area contributed by atoms with E-state index in [0.717, 1.165) is 0 Å². The van der Waals surface area contributed by atoms with E-state index in [9.17, 15) is 9.18 Å². The molecule has 2 heterocycles. The minimum Gasteiger partial charge on any atom is -0.481 e. The Balaban J connectivity index is 2.19. The van der Waals surface area contributed by atoms with Crippen LogP contribution in [0.5, 0.6) is 5.88 Å². The van der Waals surface area contributed by atoms with Crippen molar-refractivity contribution < 1.29 is 13.9 Å². The number of nitrogens with two attached hydrogens (primary N) is 1. The highest BCUT2D eigenvalue weighted by Crippen LogP contribution is 2.17. The molecule has 0 atom stereocenters. The molecule has 104 valence electrons. The first-order valence-electron chi connectivity index (χ1n) is 5.58. The van der Waals surface area contributed by atoms with E-state index in [2.05, 4.69) is 20.7 Å². The van der Waals surface area contributed by atoms with Gasteiger partial charge in [-0.2, -0.15) is 0 Å². The predicted octanol–water partition coefficient (Wildman–Crippen LogP) is 1.16. The molecule has 0 aliphatic rings. The Bertz CT molecular complexity index is 618. The predicted molar refractivity (Wildman–Crippen MR) is 70.7 cm³/mol. The Labute approximate surface area is 114 Å². The third-order valence-electron chi connectivity index (χ3n) is 2.47. The molecule has 8 heteroatoms.